The first-order valence-corrected chi connectivity index (χ1v) is 8.60. The fraction of sp³-hybridized carbons (Fsp3) is 0.500. The van der Waals surface area contributed by atoms with Crippen molar-refractivity contribution in [1.29, 1.82) is 0 Å². The normalized spacial score (nSPS) is 15.2. The Hall–Kier alpha value is -1.82. The molecule has 1 fully saturated rings. The second-order valence-corrected chi connectivity index (χ2v) is 6.40. The quantitative estimate of drug-likeness (QED) is 0.814. The second kappa shape index (κ2) is 6.52. The van der Waals surface area contributed by atoms with E-state index in [1.807, 2.05) is 22.4 Å². The number of thiophene rings is 1. The summed E-state index contributed by atoms with van der Waals surface area (Å²) in [4.78, 5) is 26.5. The lowest BCUT2D eigenvalue weighted by Crippen LogP contribution is -2.38. The monoisotopic (exact) mass is 320 g/mol. The molecule has 118 valence electrons. The average molecular weight is 320 g/mol. The van der Waals surface area contributed by atoms with Crippen LogP contribution in [0, 0.1) is 0 Å². The number of carbonyl (C=O) groups excluding carboxylic acids is 2. The number of rotatable bonds is 4. The van der Waals surface area contributed by atoms with E-state index in [9.17, 15) is 9.59 Å². The van der Waals surface area contributed by atoms with Gasteiger partial charge in [-0.15, -0.1) is 11.3 Å². The van der Waals surface area contributed by atoms with Crippen LogP contribution in [0.3, 0.4) is 0 Å². The van der Waals surface area contributed by atoms with Crippen molar-refractivity contribution in [3.05, 3.63) is 23.2 Å². The molecule has 6 heteroatoms. The highest BCUT2D eigenvalue weighted by molar-refractivity contribution is 7.17. The Morgan fingerprint density at radius 2 is 2.05 bits per heavy atom. The van der Waals surface area contributed by atoms with Gasteiger partial charge >= 0.3 is 5.97 Å². The van der Waals surface area contributed by atoms with Crippen LogP contribution in [0.1, 0.15) is 36.7 Å². The van der Waals surface area contributed by atoms with Crippen molar-refractivity contribution in [2.45, 2.75) is 32.7 Å². The Bertz CT molecular complexity index is 683. The number of ether oxygens (including phenoxy) is 1. The van der Waals surface area contributed by atoms with Crippen molar-refractivity contribution in [3.63, 3.8) is 0 Å². The SMILES string of the molecule is CCOC(=O)c1cc2sccc2n1CC(=O)N1CCCCC1. The minimum absolute atomic E-state index is 0.0777. The van der Waals surface area contributed by atoms with Crippen LogP contribution in [0.2, 0.25) is 0 Å². The number of likely N-dealkylation sites (tertiary alicyclic amines) is 1. The molecule has 0 radical (unpaired) electrons. The molecule has 2 aromatic heterocycles. The topological polar surface area (TPSA) is 51.5 Å². The molecule has 1 saturated heterocycles. The highest BCUT2D eigenvalue weighted by Crippen LogP contribution is 2.26. The third-order valence-electron chi connectivity index (χ3n) is 4.01. The summed E-state index contributed by atoms with van der Waals surface area (Å²) >= 11 is 1.57. The van der Waals surface area contributed by atoms with Crippen molar-refractivity contribution in [2.75, 3.05) is 19.7 Å². The molecule has 0 unspecified atom stereocenters. The molecule has 3 heterocycles. The standard InChI is InChI=1S/C16H20N2O3S/c1-2-21-16(20)13-10-14-12(6-9-22-14)18(13)11-15(19)17-7-4-3-5-8-17/h6,9-10H,2-5,7-8,11H2,1H3. The van der Waals surface area contributed by atoms with Crippen LogP contribution in [0.25, 0.3) is 10.2 Å². The van der Waals surface area contributed by atoms with Crippen LogP contribution in [-0.2, 0) is 16.1 Å². The number of esters is 1. The lowest BCUT2D eigenvalue weighted by atomic mass is 10.1. The molecule has 1 aliphatic heterocycles. The number of hydrogen-bond donors (Lipinski definition) is 0. The van der Waals surface area contributed by atoms with E-state index in [4.69, 9.17) is 4.74 Å². The number of aromatic nitrogens is 1. The predicted molar refractivity (Wildman–Crippen MR) is 86.2 cm³/mol. The summed E-state index contributed by atoms with van der Waals surface area (Å²) in [7, 11) is 0. The molecule has 3 rings (SSSR count). The molecule has 0 aliphatic carbocycles. The number of amides is 1. The van der Waals surface area contributed by atoms with Crippen molar-refractivity contribution in [2.24, 2.45) is 0 Å². The number of fused-ring (bicyclic) bond motifs is 1. The Balaban J connectivity index is 1.87. The molecule has 0 saturated carbocycles. The molecule has 2 aromatic rings. The molecule has 1 aliphatic rings. The number of carbonyl (C=O) groups is 2. The second-order valence-electron chi connectivity index (χ2n) is 5.45. The highest BCUT2D eigenvalue weighted by Gasteiger charge is 2.22. The number of nitrogens with zero attached hydrogens (tertiary/aromatic N) is 2. The van der Waals surface area contributed by atoms with Gasteiger partial charge in [-0.1, -0.05) is 0 Å². The van der Waals surface area contributed by atoms with Gasteiger partial charge in [0.2, 0.25) is 5.91 Å². The molecule has 22 heavy (non-hydrogen) atoms. The summed E-state index contributed by atoms with van der Waals surface area (Å²) in [6.45, 7) is 3.96. The summed E-state index contributed by atoms with van der Waals surface area (Å²) in [6, 6.07) is 3.77. The average Bonchev–Trinajstić information content (AvgIpc) is 3.11. The summed E-state index contributed by atoms with van der Waals surface area (Å²) < 4.78 is 7.92. The first-order valence-electron chi connectivity index (χ1n) is 7.72. The molecular weight excluding hydrogens is 300 g/mol. The van der Waals surface area contributed by atoms with Crippen LogP contribution in [0.4, 0.5) is 0 Å². The summed E-state index contributed by atoms with van der Waals surface area (Å²) in [6.07, 6.45) is 3.32. The smallest absolute Gasteiger partial charge is 0.355 e. The summed E-state index contributed by atoms with van der Waals surface area (Å²) in [5, 5.41) is 1.97. The largest absolute Gasteiger partial charge is 0.461 e. The van der Waals surface area contributed by atoms with Crippen molar-refractivity contribution >= 4 is 33.4 Å². The number of hydrogen-bond acceptors (Lipinski definition) is 4. The minimum atomic E-state index is -0.364. The zero-order valence-corrected chi connectivity index (χ0v) is 13.5. The van der Waals surface area contributed by atoms with Gasteiger partial charge in [-0.2, -0.15) is 0 Å². The molecule has 0 atom stereocenters. The third-order valence-corrected chi connectivity index (χ3v) is 4.86. The third kappa shape index (κ3) is 2.88. The molecule has 0 spiro atoms. The molecule has 0 N–H and O–H groups in total. The van der Waals surface area contributed by atoms with E-state index in [1.165, 1.54) is 6.42 Å². The van der Waals surface area contributed by atoms with Crippen LogP contribution in [0.5, 0.6) is 0 Å². The molecule has 0 aromatic carbocycles. The number of piperidine rings is 1. The Labute approximate surface area is 133 Å². The Kier molecular flexibility index (Phi) is 4.47. The van der Waals surface area contributed by atoms with Gasteiger partial charge in [0.15, 0.2) is 0 Å². The maximum atomic E-state index is 12.5. The molecule has 1 amide bonds. The fourth-order valence-corrected chi connectivity index (χ4v) is 3.72. The zero-order chi connectivity index (χ0) is 15.5. The van der Waals surface area contributed by atoms with Gasteiger partial charge in [-0.25, -0.2) is 4.79 Å². The van der Waals surface area contributed by atoms with Crippen LogP contribution in [0.15, 0.2) is 17.5 Å². The van der Waals surface area contributed by atoms with E-state index in [1.54, 1.807) is 22.8 Å². The molecule has 5 nitrogen and oxygen atoms in total. The van der Waals surface area contributed by atoms with Gasteiger partial charge in [0, 0.05) is 13.1 Å². The van der Waals surface area contributed by atoms with Crippen molar-refractivity contribution < 1.29 is 14.3 Å². The van der Waals surface area contributed by atoms with Crippen LogP contribution < -0.4 is 0 Å². The van der Waals surface area contributed by atoms with Gasteiger partial charge in [0.1, 0.15) is 12.2 Å². The maximum absolute atomic E-state index is 12.5. The van der Waals surface area contributed by atoms with Crippen molar-refractivity contribution in [1.82, 2.24) is 9.47 Å². The molecular formula is C16H20N2O3S. The van der Waals surface area contributed by atoms with E-state index in [-0.39, 0.29) is 18.4 Å². The lowest BCUT2D eigenvalue weighted by Gasteiger charge is -2.27. The first kappa shape index (κ1) is 15.1. The summed E-state index contributed by atoms with van der Waals surface area (Å²) in [5.74, 6) is -0.286. The molecule has 0 bridgehead atoms. The van der Waals surface area contributed by atoms with Crippen LogP contribution in [-0.4, -0.2) is 41.0 Å². The van der Waals surface area contributed by atoms with Gasteiger partial charge in [0.25, 0.3) is 0 Å². The van der Waals surface area contributed by atoms with E-state index < -0.39 is 0 Å². The zero-order valence-electron chi connectivity index (χ0n) is 12.7. The van der Waals surface area contributed by atoms with E-state index in [0.717, 1.165) is 36.1 Å². The summed E-state index contributed by atoms with van der Waals surface area (Å²) in [5.41, 5.74) is 1.40. The fourth-order valence-electron chi connectivity index (χ4n) is 2.90. The van der Waals surface area contributed by atoms with Crippen LogP contribution >= 0.6 is 11.3 Å². The predicted octanol–water partition coefficient (Wildman–Crippen LogP) is 2.89. The van der Waals surface area contributed by atoms with Gasteiger partial charge < -0.3 is 14.2 Å². The minimum Gasteiger partial charge on any atom is -0.461 e. The van der Waals surface area contributed by atoms with E-state index in [2.05, 4.69) is 0 Å². The van der Waals surface area contributed by atoms with Gasteiger partial charge in [-0.05, 0) is 43.7 Å². The highest BCUT2D eigenvalue weighted by atomic mass is 32.1. The van der Waals surface area contributed by atoms with Gasteiger partial charge in [-0.3, -0.25) is 4.79 Å². The Morgan fingerprint density at radius 3 is 2.77 bits per heavy atom. The maximum Gasteiger partial charge on any atom is 0.355 e. The van der Waals surface area contributed by atoms with E-state index in [0.29, 0.717) is 12.3 Å². The van der Waals surface area contributed by atoms with Gasteiger partial charge in [0.05, 0.1) is 16.8 Å². The van der Waals surface area contributed by atoms with Crippen molar-refractivity contribution in [3.8, 4) is 0 Å². The van der Waals surface area contributed by atoms with E-state index >= 15 is 0 Å². The lowest BCUT2D eigenvalue weighted by molar-refractivity contribution is -0.132. The first-order chi connectivity index (χ1) is 10.7. The Morgan fingerprint density at radius 1 is 1.27 bits per heavy atom.